The van der Waals surface area contributed by atoms with E-state index >= 15 is 0 Å². The Morgan fingerprint density at radius 3 is 2.68 bits per heavy atom. The molecule has 19 heavy (non-hydrogen) atoms. The van der Waals surface area contributed by atoms with Crippen LogP contribution in [-0.4, -0.2) is 37.2 Å². The number of hydrogen-bond donors (Lipinski definition) is 1. The number of likely N-dealkylation sites (tertiary alicyclic amines) is 1. The molecule has 1 fully saturated rings. The van der Waals surface area contributed by atoms with Crippen LogP contribution in [0.25, 0.3) is 0 Å². The molecule has 0 amide bonds. The maximum Gasteiger partial charge on any atom is 0.127 e. The fourth-order valence-corrected chi connectivity index (χ4v) is 2.43. The zero-order valence-corrected chi connectivity index (χ0v) is 11.4. The van der Waals surface area contributed by atoms with Crippen LogP contribution < -0.4 is 5.73 Å². The Morgan fingerprint density at radius 2 is 2.00 bits per heavy atom. The molecule has 1 aliphatic heterocycles. The Labute approximate surface area is 114 Å². The SMILES string of the molecule is NCCCOC1CCN(Cc2ccccc2F)CC1. The van der Waals surface area contributed by atoms with Crippen LogP contribution >= 0.6 is 0 Å². The van der Waals surface area contributed by atoms with Crippen molar-refractivity contribution in [2.75, 3.05) is 26.2 Å². The molecule has 106 valence electrons. The van der Waals surface area contributed by atoms with Crippen molar-refractivity contribution in [3.8, 4) is 0 Å². The Bertz CT molecular complexity index is 378. The van der Waals surface area contributed by atoms with E-state index in [0.29, 0.717) is 19.2 Å². The van der Waals surface area contributed by atoms with E-state index in [9.17, 15) is 4.39 Å². The van der Waals surface area contributed by atoms with Gasteiger partial charge in [-0.05, 0) is 31.9 Å². The number of piperidine rings is 1. The summed E-state index contributed by atoms with van der Waals surface area (Å²) in [5, 5.41) is 0. The highest BCUT2D eigenvalue weighted by molar-refractivity contribution is 5.17. The lowest BCUT2D eigenvalue weighted by atomic mass is 10.1. The number of nitrogens with zero attached hydrogens (tertiary/aromatic N) is 1. The highest BCUT2D eigenvalue weighted by atomic mass is 19.1. The van der Waals surface area contributed by atoms with Crippen molar-refractivity contribution in [3.63, 3.8) is 0 Å². The van der Waals surface area contributed by atoms with E-state index in [0.717, 1.165) is 44.5 Å². The minimum absolute atomic E-state index is 0.108. The standard InChI is InChI=1S/C15H23FN2O/c16-15-5-2-1-4-13(15)12-18-9-6-14(7-10-18)19-11-3-8-17/h1-2,4-5,14H,3,6-12,17H2. The first-order valence-corrected chi connectivity index (χ1v) is 7.07. The molecule has 0 spiro atoms. The van der Waals surface area contributed by atoms with Crippen LogP contribution in [0.1, 0.15) is 24.8 Å². The quantitative estimate of drug-likeness (QED) is 0.802. The molecule has 1 aliphatic rings. The molecular weight excluding hydrogens is 243 g/mol. The van der Waals surface area contributed by atoms with E-state index in [2.05, 4.69) is 4.90 Å². The zero-order valence-electron chi connectivity index (χ0n) is 11.4. The number of ether oxygens (including phenoxy) is 1. The van der Waals surface area contributed by atoms with Gasteiger partial charge >= 0.3 is 0 Å². The highest BCUT2D eigenvalue weighted by Crippen LogP contribution is 2.17. The van der Waals surface area contributed by atoms with Crippen LogP contribution in [0.5, 0.6) is 0 Å². The van der Waals surface area contributed by atoms with Gasteiger partial charge in [-0.3, -0.25) is 4.90 Å². The maximum absolute atomic E-state index is 13.6. The third-order valence-electron chi connectivity index (χ3n) is 3.59. The molecule has 1 aromatic rings. The zero-order chi connectivity index (χ0) is 13.5. The number of benzene rings is 1. The van der Waals surface area contributed by atoms with Gasteiger partial charge in [0.25, 0.3) is 0 Å². The van der Waals surface area contributed by atoms with Crippen LogP contribution in [0, 0.1) is 5.82 Å². The first-order chi connectivity index (χ1) is 9.29. The topological polar surface area (TPSA) is 38.5 Å². The van der Waals surface area contributed by atoms with Crippen molar-refractivity contribution in [1.29, 1.82) is 0 Å². The summed E-state index contributed by atoms with van der Waals surface area (Å²) in [6.45, 7) is 4.09. The minimum atomic E-state index is -0.108. The molecule has 3 nitrogen and oxygen atoms in total. The van der Waals surface area contributed by atoms with Gasteiger partial charge in [-0.15, -0.1) is 0 Å². The molecular formula is C15H23FN2O. The van der Waals surface area contributed by atoms with Gasteiger partial charge in [-0.1, -0.05) is 18.2 Å². The Hall–Kier alpha value is -0.970. The summed E-state index contributed by atoms with van der Waals surface area (Å²) >= 11 is 0. The molecule has 2 N–H and O–H groups in total. The predicted octanol–water partition coefficient (Wildman–Crippen LogP) is 2.16. The largest absolute Gasteiger partial charge is 0.378 e. The third-order valence-corrected chi connectivity index (χ3v) is 3.59. The minimum Gasteiger partial charge on any atom is -0.378 e. The van der Waals surface area contributed by atoms with Crippen LogP contribution in [0.4, 0.5) is 4.39 Å². The number of hydrogen-bond acceptors (Lipinski definition) is 3. The van der Waals surface area contributed by atoms with Crippen LogP contribution in [0.15, 0.2) is 24.3 Å². The van der Waals surface area contributed by atoms with Gasteiger partial charge in [0.05, 0.1) is 6.10 Å². The molecule has 4 heteroatoms. The average molecular weight is 266 g/mol. The summed E-state index contributed by atoms with van der Waals surface area (Å²) in [5.74, 6) is -0.108. The van der Waals surface area contributed by atoms with Crippen molar-refractivity contribution in [2.24, 2.45) is 5.73 Å². The molecule has 1 saturated heterocycles. The average Bonchev–Trinajstić information content (AvgIpc) is 2.44. The second-order valence-electron chi connectivity index (χ2n) is 5.08. The molecule has 0 aliphatic carbocycles. The molecule has 0 bridgehead atoms. The molecule has 2 rings (SSSR count). The predicted molar refractivity (Wildman–Crippen MR) is 74.3 cm³/mol. The van der Waals surface area contributed by atoms with E-state index < -0.39 is 0 Å². The number of halogens is 1. The molecule has 0 aromatic heterocycles. The van der Waals surface area contributed by atoms with Gasteiger partial charge in [-0.25, -0.2) is 4.39 Å². The fraction of sp³-hybridized carbons (Fsp3) is 0.600. The van der Waals surface area contributed by atoms with Gasteiger partial charge in [0.15, 0.2) is 0 Å². The number of rotatable bonds is 6. The van der Waals surface area contributed by atoms with E-state index in [1.165, 1.54) is 6.07 Å². The van der Waals surface area contributed by atoms with E-state index in [1.807, 2.05) is 12.1 Å². The van der Waals surface area contributed by atoms with Crippen molar-refractivity contribution >= 4 is 0 Å². The van der Waals surface area contributed by atoms with E-state index in [1.54, 1.807) is 6.07 Å². The summed E-state index contributed by atoms with van der Waals surface area (Å²) < 4.78 is 19.3. The summed E-state index contributed by atoms with van der Waals surface area (Å²) in [4.78, 5) is 2.29. The second-order valence-corrected chi connectivity index (χ2v) is 5.08. The first kappa shape index (κ1) is 14.4. The number of nitrogens with two attached hydrogens (primary N) is 1. The Balaban J connectivity index is 1.73. The molecule has 0 saturated carbocycles. The van der Waals surface area contributed by atoms with Crippen LogP contribution in [0.2, 0.25) is 0 Å². The van der Waals surface area contributed by atoms with Crippen molar-refractivity contribution in [2.45, 2.75) is 31.9 Å². The lowest BCUT2D eigenvalue weighted by molar-refractivity contribution is 0.00546. The van der Waals surface area contributed by atoms with Crippen LogP contribution in [0.3, 0.4) is 0 Å². The first-order valence-electron chi connectivity index (χ1n) is 7.07. The van der Waals surface area contributed by atoms with Gasteiger partial charge in [0.2, 0.25) is 0 Å². The Morgan fingerprint density at radius 1 is 1.26 bits per heavy atom. The van der Waals surface area contributed by atoms with E-state index in [-0.39, 0.29) is 5.82 Å². The highest BCUT2D eigenvalue weighted by Gasteiger charge is 2.20. The van der Waals surface area contributed by atoms with Crippen LogP contribution in [-0.2, 0) is 11.3 Å². The van der Waals surface area contributed by atoms with Gasteiger partial charge < -0.3 is 10.5 Å². The smallest absolute Gasteiger partial charge is 0.127 e. The van der Waals surface area contributed by atoms with Crippen molar-refractivity contribution in [1.82, 2.24) is 4.90 Å². The van der Waals surface area contributed by atoms with Gasteiger partial charge in [0.1, 0.15) is 5.82 Å². The molecule has 1 heterocycles. The van der Waals surface area contributed by atoms with Crippen molar-refractivity contribution in [3.05, 3.63) is 35.6 Å². The summed E-state index contributed by atoms with van der Waals surface area (Å²) in [6, 6.07) is 7.01. The second kappa shape index (κ2) is 7.58. The lowest BCUT2D eigenvalue weighted by Crippen LogP contribution is -2.37. The summed E-state index contributed by atoms with van der Waals surface area (Å²) in [5.41, 5.74) is 6.22. The molecule has 0 atom stereocenters. The lowest BCUT2D eigenvalue weighted by Gasteiger charge is -2.32. The van der Waals surface area contributed by atoms with E-state index in [4.69, 9.17) is 10.5 Å². The Kier molecular flexibility index (Phi) is 5.76. The molecule has 0 radical (unpaired) electrons. The van der Waals surface area contributed by atoms with Gasteiger partial charge in [0, 0.05) is 31.8 Å². The van der Waals surface area contributed by atoms with Crippen molar-refractivity contribution < 1.29 is 9.13 Å². The monoisotopic (exact) mass is 266 g/mol. The summed E-state index contributed by atoms with van der Waals surface area (Å²) in [6.07, 6.45) is 3.33. The fourth-order valence-electron chi connectivity index (χ4n) is 2.43. The normalized spacial score (nSPS) is 17.8. The summed E-state index contributed by atoms with van der Waals surface area (Å²) in [7, 11) is 0. The third kappa shape index (κ3) is 4.56. The molecule has 1 aromatic carbocycles. The molecule has 0 unspecified atom stereocenters. The maximum atomic E-state index is 13.6. The van der Waals surface area contributed by atoms with Gasteiger partial charge in [-0.2, -0.15) is 0 Å².